The van der Waals surface area contributed by atoms with Gasteiger partial charge in [-0.25, -0.2) is 4.98 Å². The third kappa shape index (κ3) is 1.53. The normalized spacial score (nSPS) is 15.9. The van der Waals surface area contributed by atoms with Crippen LogP contribution in [0.3, 0.4) is 0 Å². The maximum absolute atomic E-state index is 9.31. The second kappa shape index (κ2) is 3.91. The highest BCUT2D eigenvalue weighted by molar-refractivity contribution is 5.91. The Bertz CT molecular complexity index is 837. The molecule has 0 atom stereocenters. The molecule has 0 aromatic carbocycles. The summed E-state index contributed by atoms with van der Waals surface area (Å²) in [7, 11) is 0. The van der Waals surface area contributed by atoms with Crippen LogP contribution in [-0.2, 0) is 5.41 Å². The number of aromatic nitrogens is 3. The number of rotatable bonds is 2. The lowest BCUT2D eigenvalue weighted by Crippen LogP contribution is -2.05. The molecule has 3 aromatic heterocycles. The molecule has 1 saturated carbocycles. The van der Waals surface area contributed by atoms with Crippen LogP contribution in [0.15, 0.2) is 42.7 Å². The number of hydrogen-bond acceptors (Lipinski definition) is 3. The van der Waals surface area contributed by atoms with Crippen LogP contribution in [0.1, 0.15) is 18.5 Å². The van der Waals surface area contributed by atoms with Gasteiger partial charge in [-0.2, -0.15) is 5.26 Å². The van der Waals surface area contributed by atoms with E-state index in [-0.39, 0.29) is 5.41 Å². The number of nitriles is 1. The van der Waals surface area contributed by atoms with Crippen LogP contribution < -0.4 is 0 Å². The second-order valence-corrected chi connectivity index (χ2v) is 5.20. The lowest BCUT2D eigenvalue weighted by Gasteiger charge is -2.08. The van der Waals surface area contributed by atoms with Crippen LogP contribution in [0.2, 0.25) is 0 Å². The molecule has 4 heteroatoms. The molecule has 0 unspecified atom stereocenters. The van der Waals surface area contributed by atoms with Gasteiger partial charge in [0.2, 0.25) is 0 Å². The van der Waals surface area contributed by atoms with Crippen molar-refractivity contribution in [2.75, 3.05) is 0 Å². The van der Waals surface area contributed by atoms with E-state index in [0.717, 1.165) is 40.8 Å². The molecule has 1 N–H and O–H groups in total. The van der Waals surface area contributed by atoms with Crippen molar-refractivity contribution in [3.63, 3.8) is 0 Å². The number of aromatic amines is 1. The van der Waals surface area contributed by atoms with Crippen molar-refractivity contribution < 1.29 is 0 Å². The van der Waals surface area contributed by atoms with Gasteiger partial charge in [0.1, 0.15) is 5.65 Å². The largest absolute Gasteiger partial charge is 0.346 e. The quantitative estimate of drug-likeness (QED) is 0.769. The molecule has 20 heavy (non-hydrogen) atoms. The molecule has 0 amide bonds. The summed E-state index contributed by atoms with van der Waals surface area (Å²) >= 11 is 0. The van der Waals surface area contributed by atoms with Crippen molar-refractivity contribution in [3.05, 3.63) is 48.4 Å². The Morgan fingerprint density at radius 1 is 1.20 bits per heavy atom. The Morgan fingerprint density at radius 3 is 2.90 bits per heavy atom. The summed E-state index contributed by atoms with van der Waals surface area (Å²) in [5, 5.41) is 10.4. The van der Waals surface area contributed by atoms with Crippen molar-refractivity contribution >= 4 is 11.0 Å². The molecular formula is C16H12N4. The average Bonchev–Trinajstić information content (AvgIpc) is 3.16. The van der Waals surface area contributed by atoms with Gasteiger partial charge in [0.25, 0.3) is 0 Å². The standard InChI is InChI=1S/C16H12N4/c17-10-16(6-7-16)14-3-1-2-13(20-14)11-4-8-18-15-12(11)5-9-19-15/h1-5,8-9H,6-7H2,(H,18,19). The van der Waals surface area contributed by atoms with Crippen molar-refractivity contribution in [2.45, 2.75) is 18.3 Å². The summed E-state index contributed by atoms with van der Waals surface area (Å²) < 4.78 is 0. The third-order valence-corrected chi connectivity index (χ3v) is 3.94. The molecule has 96 valence electrons. The van der Waals surface area contributed by atoms with E-state index in [9.17, 15) is 5.26 Å². The van der Waals surface area contributed by atoms with E-state index in [1.807, 2.05) is 36.5 Å². The van der Waals surface area contributed by atoms with Crippen molar-refractivity contribution in [2.24, 2.45) is 0 Å². The first kappa shape index (κ1) is 11.2. The lowest BCUT2D eigenvalue weighted by atomic mass is 10.0. The minimum atomic E-state index is -0.347. The average molecular weight is 260 g/mol. The summed E-state index contributed by atoms with van der Waals surface area (Å²) in [5.74, 6) is 0. The lowest BCUT2D eigenvalue weighted by molar-refractivity contribution is 0.857. The first-order chi connectivity index (χ1) is 9.82. The smallest absolute Gasteiger partial charge is 0.137 e. The molecule has 0 spiro atoms. The zero-order valence-corrected chi connectivity index (χ0v) is 10.8. The van der Waals surface area contributed by atoms with Gasteiger partial charge in [0.05, 0.1) is 22.9 Å². The van der Waals surface area contributed by atoms with E-state index in [1.54, 1.807) is 6.20 Å². The highest BCUT2D eigenvalue weighted by Crippen LogP contribution is 2.47. The predicted molar refractivity (Wildman–Crippen MR) is 75.8 cm³/mol. The first-order valence-corrected chi connectivity index (χ1v) is 6.64. The molecule has 4 rings (SSSR count). The zero-order valence-electron chi connectivity index (χ0n) is 10.8. The SMILES string of the molecule is N#CC1(c2cccc(-c3ccnc4[nH]ccc34)n2)CC1. The molecule has 1 aliphatic carbocycles. The van der Waals surface area contributed by atoms with E-state index in [0.29, 0.717) is 0 Å². The summed E-state index contributed by atoms with van der Waals surface area (Å²) in [5.41, 5.74) is 3.34. The Morgan fingerprint density at radius 2 is 2.10 bits per heavy atom. The summed E-state index contributed by atoms with van der Waals surface area (Å²) in [6.45, 7) is 0. The van der Waals surface area contributed by atoms with E-state index in [1.165, 1.54) is 0 Å². The predicted octanol–water partition coefficient (Wildman–Crippen LogP) is 3.18. The number of pyridine rings is 2. The molecular weight excluding hydrogens is 248 g/mol. The van der Waals surface area contributed by atoms with Crippen molar-refractivity contribution in [1.82, 2.24) is 15.0 Å². The molecule has 0 bridgehead atoms. The van der Waals surface area contributed by atoms with Gasteiger partial charge in [-0.15, -0.1) is 0 Å². The molecule has 3 aromatic rings. The Kier molecular flexibility index (Phi) is 2.19. The van der Waals surface area contributed by atoms with Crippen LogP contribution in [0.25, 0.3) is 22.3 Å². The number of fused-ring (bicyclic) bond motifs is 1. The molecule has 1 fully saturated rings. The molecule has 0 radical (unpaired) electrons. The second-order valence-electron chi connectivity index (χ2n) is 5.20. The van der Waals surface area contributed by atoms with Gasteiger partial charge in [0, 0.05) is 23.3 Å². The minimum absolute atomic E-state index is 0.347. The van der Waals surface area contributed by atoms with Crippen molar-refractivity contribution in [3.8, 4) is 17.3 Å². The van der Waals surface area contributed by atoms with Gasteiger partial charge in [-0.1, -0.05) is 6.07 Å². The van der Waals surface area contributed by atoms with Crippen LogP contribution in [0.5, 0.6) is 0 Å². The molecule has 1 aliphatic rings. The molecule has 4 nitrogen and oxygen atoms in total. The first-order valence-electron chi connectivity index (χ1n) is 6.64. The van der Waals surface area contributed by atoms with E-state index in [4.69, 9.17) is 4.98 Å². The Balaban J connectivity index is 1.89. The molecule has 3 heterocycles. The number of H-pyrrole nitrogens is 1. The van der Waals surface area contributed by atoms with Gasteiger partial charge in [-0.05, 0) is 37.1 Å². The number of nitrogens with one attached hydrogen (secondary N) is 1. The van der Waals surface area contributed by atoms with Gasteiger partial charge >= 0.3 is 0 Å². The van der Waals surface area contributed by atoms with E-state index in [2.05, 4.69) is 16.0 Å². The molecule has 0 aliphatic heterocycles. The monoisotopic (exact) mass is 260 g/mol. The fourth-order valence-electron chi connectivity index (χ4n) is 2.59. The third-order valence-electron chi connectivity index (χ3n) is 3.94. The fraction of sp³-hybridized carbons (Fsp3) is 0.188. The summed E-state index contributed by atoms with van der Waals surface area (Å²) in [6, 6.07) is 12.3. The van der Waals surface area contributed by atoms with Crippen LogP contribution in [-0.4, -0.2) is 15.0 Å². The van der Waals surface area contributed by atoms with Crippen LogP contribution >= 0.6 is 0 Å². The van der Waals surface area contributed by atoms with Crippen LogP contribution in [0, 0.1) is 11.3 Å². The maximum atomic E-state index is 9.31. The van der Waals surface area contributed by atoms with Gasteiger partial charge < -0.3 is 4.98 Å². The van der Waals surface area contributed by atoms with Crippen molar-refractivity contribution in [1.29, 1.82) is 5.26 Å². The van der Waals surface area contributed by atoms with E-state index >= 15 is 0 Å². The van der Waals surface area contributed by atoms with E-state index < -0.39 is 0 Å². The molecule has 0 saturated heterocycles. The van der Waals surface area contributed by atoms with Gasteiger partial charge in [-0.3, -0.25) is 4.98 Å². The topological polar surface area (TPSA) is 65.4 Å². The summed E-state index contributed by atoms with van der Waals surface area (Å²) in [4.78, 5) is 12.1. The minimum Gasteiger partial charge on any atom is -0.346 e. The zero-order chi connectivity index (χ0) is 13.6. The van der Waals surface area contributed by atoms with Crippen LogP contribution in [0.4, 0.5) is 0 Å². The Labute approximate surface area is 116 Å². The fourth-order valence-corrected chi connectivity index (χ4v) is 2.59. The maximum Gasteiger partial charge on any atom is 0.137 e. The summed E-state index contributed by atoms with van der Waals surface area (Å²) in [6.07, 6.45) is 5.48. The number of hydrogen-bond donors (Lipinski definition) is 1. The Hall–Kier alpha value is -2.67. The van der Waals surface area contributed by atoms with Gasteiger partial charge in [0.15, 0.2) is 0 Å². The highest BCUT2D eigenvalue weighted by Gasteiger charge is 2.46. The highest BCUT2D eigenvalue weighted by atomic mass is 14.8. The number of nitrogens with zero attached hydrogens (tertiary/aromatic N) is 3.